The Morgan fingerprint density at radius 1 is 1.18 bits per heavy atom. The molecule has 1 nitrogen and oxygen atoms in total. The average molecular weight is 228 g/mol. The van der Waals surface area contributed by atoms with Gasteiger partial charge in [0.15, 0.2) is 0 Å². The Kier molecular flexibility index (Phi) is 4.16. The molecule has 1 aromatic carbocycles. The van der Waals surface area contributed by atoms with Crippen molar-refractivity contribution in [1.29, 1.82) is 0 Å². The average Bonchev–Trinajstić information content (AvgIpc) is 2.85. The van der Waals surface area contributed by atoms with E-state index in [0.29, 0.717) is 6.61 Å². The van der Waals surface area contributed by atoms with Crippen molar-refractivity contribution in [2.75, 3.05) is 6.61 Å². The molecule has 1 heteroatoms. The third kappa shape index (κ3) is 3.31. The van der Waals surface area contributed by atoms with Crippen LogP contribution in [-0.4, -0.2) is 12.2 Å². The van der Waals surface area contributed by atoms with Crippen LogP contribution in [0.2, 0.25) is 0 Å². The zero-order valence-electron chi connectivity index (χ0n) is 10.3. The predicted octanol–water partition coefficient (Wildman–Crippen LogP) is 3.91. The summed E-state index contributed by atoms with van der Waals surface area (Å²) < 4.78 is 5.98. The van der Waals surface area contributed by atoms with Crippen LogP contribution in [0.4, 0.5) is 0 Å². The van der Waals surface area contributed by atoms with Gasteiger partial charge in [-0.25, -0.2) is 0 Å². The maximum absolute atomic E-state index is 5.98. The van der Waals surface area contributed by atoms with Crippen molar-refractivity contribution in [3.05, 3.63) is 60.7 Å². The molecule has 0 spiro atoms. The first kappa shape index (κ1) is 12.1. The molecule has 2 rings (SSSR count). The summed E-state index contributed by atoms with van der Waals surface area (Å²) in [6.07, 6.45) is 10.5. The number of benzene rings is 1. The van der Waals surface area contributed by atoms with E-state index in [9.17, 15) is 0 Å². The molecular weight excluding hydrogens is 208 g/mol. The Hall–Kier alpha value is -1.34. The van der Waals surface area contributed by atoms with E-state index in [-0.39, 0.29) is 5.60 Å². The van der Waals surface area contributed by atoms with E-state index in [4.69, 9.17) is 4.74 Å². The molecule has 0 unspecified atom stereocenters. The zero-order chi connectivity index (χ0) is 12.0. The van der Waals surface area contributed by atoms with Gasteiger partial charge in [-0.05, 0) is 31.2 Å². The molecule has 0 saturated heterocycles. The summed E-state index contributed by atoms with van der Waals surface area (Å²) in [4.78, 5) is 0. The molecule has 0 heterocycles. The third-order valence-corrected chi connectivity index (χ3v) is 3.37. The lowest BCUT2D eigenvalue weighted by molar-refractivity contribution is -0.0270. The molecule has 0 fully saturated rings. The van der Waals surface area contributed by atoms with Crippen molar-refractivity contribution in [1.82, 2.24) is 0 Å². The number of ether oxygens (including phenoxy) is 1. The Balaban J connectivity index is 1.92. The second kappa shape index (κ2) is 5.83. The fourth-order valence-electron chi connectivity index (χ4n) is 2.33. The van der Waals surface area contributed by atoms with Crippen LogP contribution < -0.4 is 0 Å². The quantitative estimate of drug-likeness (QED) is 0.671. The fraction of sp³-hybridized carbons (Fsp3) is 0.375. The van der Waals surface area contributed by atoms with Crippen LogP contribution in [0.3, 0.4) is 0 Å². The van der Waals surface area contributed by atoms with Crippen LogP contribution in [0.25, 0.3) is 0 Å². The summed E-state index contributed by atoms with van der Waals surface area (Å²) in [6.45, 7) is 4.37. The predicted molar refractivity (Wildman–Crippen MR) is 72.0 cm³/mol. The Bertz CT molecular complexity index is 370. The van der Waals surface area contributed by atoms with E-state index in [2.05, 4.69) is 49.1 Å². The van der Waals surface area contributed by atoms with E-state index >= 15 is 0 Å². The van der Waals surface area contributed by atoms with Crippen molar-refractivity contribution in [3.8, 4) is 0 Å². The Labute approximate surface area is 104 Å². The largest absolute Gasteiger partial charge is 0.370 e. The van der Waals surface area contributed by atoms with Crippen LogP contribution in [0.1, 0.15) is 24.8 Å². The molecule has 0 radical (unpaired) electrons. The van der Waals surface area contributed by atoms with Crippen molar-refractivity contribution in [2.24, 2.45) is 0 Å². The van der Waals surface area contributed by atoms with Gasteiger partial charge in [0, 0.05) is 0 Å². The van der Waals surface area contributed by atoms with Crippen LogP contribution in [0.5, 0.6) is 0 Å². The van der Waals surface area contributed by atoms with Gasteiger partial charge in [-0.15, -0.1) is 6.58 Å². The van der Waals surface area contributed by atoms with Gasteiger partial charge in [-0.1, -0.05) is 48.6 Å². The topological polar surface area (TPSA) is 9.23 Å². The Morgan fingerprint density at radius 2 is 1.88 bits per heavy atom. The summed E-state index contributed by atoms with van der Waals surface area (Å²) in [5.74, 6) is 0. The lowest BCUT2D eigenvalue weighted by Gasteiger charge is -2.29. The number of aryl methyl sites for hydroxylation is 1. The molecule has 0 aromatic heterocycles. The molecule has 1 aromatic rings. The molecule has 0 bridgehead atoms. The smallest absolute Gasteiger partial charge is 0.0758 e. The molecule has 1 aliphatic rings. The van der Waals surface area contributed by atoms with Crippen LogP contribution in [0, 0.1) is 0 Å². The Morgan fingerprint density at radius 3 is 2.53 bits per heavy atom. The van der Waals surface area contributed by atoms with Crippen molar-refractivity contribution in [3.63, 3.8) is 0 Å². The second-order valence-electron chi connectivity index (χ2n) is 4.65. The summed E-state index contributed by atoms with van der Waals surface area (Å²) in [5, 5.41) is 0. The second-order valence-corrected chi connectivity index (χ2v) is 4.65. The number of rotatable bonds is 6. The van der Waals surface area contributed by atoms with Crippen LogP contribution in [-0.2, 0) is 11.2 Å². The van der Waals surface area contributed by atoms with Gasteiger partial charge >= 0.3 is 0 Å². The minimum Gasteiger partial charge on any atom is -0.370 e. The SMILES string of the molecule is C=CCOC1(CCc2ccccc2)CC=CC1. The molecule has 1 aliphatic carbocycles. The number of hydrogen-bond acceptors (Lipinski definition) is 1. The van der Waals surface area contributed by atoms with Gasteiger partial charge in [0.1, 0.15) is 0 Å². The van der Waals surface area contributed by atoms with E-state index in [1.54, 1.807) is 0 Å². The summed E-state index contributed by atoms with van der Waals surface area (Å²) >= 11 is 0. The van der Waals surface area contributed by atoms with Gasteiger partial charge in [-0.3, -0.25) is 0 Å². The van der Waals surface area contributed by atoms with Gasteiger partial charge in [0.25, 0.3) is 0 Å². The summed E-state index contributed by atoms with van der Waals surface area (Å²) in [5.41, 5.74) is 1.41. The molecular formula is C16H20O. The lowest BCUT2D eigenvalue weighted by Crippen LogP contribution is -2.30. The van der Waals surface area contributed by atoms with Gasteiger partial charge in [0.05, 0.1) is 12.2 Å². The first-order valence-electron chi connectivity index (χ1n) is 6.28. The van der Waals surface area contributed by atoms with E-state index in [0.717, 1.165) is 25.7 Å². The summed E-state index contributed by atoms with van der Waals surface area (Å²) in [7, 11) is 0. The van der Waals surface area contributed by atoms with Crippen LogP contribution >= 0.6 is 0 Å². The standard InChI is InChI=1S/C16H20O/c1-2-14-17-16(11-6-7-12-16)13-10-15-8-4-3-5-9-15/h2-9H,1,10-14H2. The molecule has 0 aliphatic heterocycles. The third-order valence-electron chi connectivity index (χ3n) is 3.37. The minimum atomic E-state index is 0.0179. The minimum absolute atomic E-state index is 0.0179. The van der Waals surface area contributed by atoms with Crippen LogP contribution in [0.15, 0.2) is 55.1 Å². The van der Waals surface area contributed by atoms with Gasteiger partial charge in [-0.2, -0.15) is 0 Å². The first-order valence-corrected chi connectivity index (χ1v) is 6.28. The highest BCUT2D eigenvalue weighted by atomic mass is 16.5. The van der Waals surface area contributed by atoms with Crippen molar-refractivity contribution in [2.45, 2.75) is 31.3 Å². The maximum atomic E-state index is 5.98. The van der Waals surface area contributed by atoms with E-state index in [1.807, 2.05) is 6.08 Å². The molecule has 0 amide bonds. The highest BCUT2D eigenvalue weighted by molar-refractivity contribution is 5.16. The summed E-state index contributed by atoms with van der Waals surface area (Å²) in [6, 6.07) is 10.6. The molecule has 0 saturated carbocycles. The zero-order valence-corrected chi connectivity index (χ0v) is 10.3. The van der Waals surface area contributed by atoms with E-state index in [1.165, 1.54) is 5.56 Å². The normalized spacial score (nSPS) is 17.2. The molecule has 17 heavy (non-hydrogen) atoms. The molecule has 0 atom stereocenters. The molecule has 90 valence electrons. The monoisotopic (exact) mass is 228 g/mol. The van der Waals surface area contributed by atoms with Gasteiger partial charge < -0.3 is 4.74 Å². The highest BCUT2D eigenvalue weighted by Gasteiger charge is 2.30. The van der Waals surface area contributed by atoms with Gasteiger partial charge in [0.2, 0.25) is 0 Å². The maximum Gasteiger partial charge on any atom is 0.0758 e. The fourth-order valence-corrected chi connectivity index (χ4v) is 2.33. The van der Waals surface area contributed by atoms with Crippen molar-refractivity contribution >= 4 is 0 Å². The number of hydrogen-bond donors (Lipinski definition) is 0. The first-order chi connectivity index (χ1) is 8.35. The molecule has 0 N–H and O–H groups in total. The van der Waals surface area contributed by atoms with Crippen molar-refractivity contribution < 1.29 is 4.74 Å². The van der Waals surface area contributed by atoms with E-state index < -0.39 is 0 Å². The lowest BCUT2D eigenvalue weighted by atomic mass is 9.92. The highest BCUT2D eigenvalue weighted by Crippen LogP contribution is 2.32.